The van der Waals surface area contributed by atoms with Gasteiger partial charge in [-0.1, -0.05) is 31.2 Å². The molecule has 108 valence electrons. The van der Waals surface area contributed by atoms with Crippen LogP contribution in [-0.4, -0.2) is 34.8 Å². The maximum Gasteiger partial charge on any atom is 0.161 e. The number of aromatic nitrogens is 2. The normalized spacial score (nSPS) is 13.6. The van der Waals surface area contributed by atoms with Crippen molar-refractivity contribution in [2.75, 3.05) is 14.1 Å². The first kappa shape index (κ1) is 13.7. The van der Waals surface area contributed by atoms with Gasteiger partial charge in [-0.2, -0.15) is 0 Å². The lowest BCUT2D eigenvalue weighted by Gasteiger charge is -2.20. The van der Waals surface area contributed by atoms with Crippen molar-refractivity contribution in [1.29, 1.82) is 0 Å². The maximum absolute atomic E-state index is 4.75. The number of benzene rings is 1. The zero-order valence-corrected chi connectivity index (χ0v) is 12.8. The summed E-state index contributed by atoms with van der Waals surface area (Å²) in [5, 5.41) is 0. The van der Waals surface area contributed by atoms with Crippen molar-refractivity contribution in [3.05, 3.63) is 41.7 Å². The Hall–Kier alpha value is -2.23. The lowest BCUT2D eigenvalue weighted by Crippen LogP contribution is -2.21. The Morgan fingerprint density at radius 3 is 2.76 bits per heavy atom. The molecule has 1 aromatic carbocycles. The van der Waals surface area contributed by atoms with Crippen LogP contribution >= 0.6 is 0 Å². The Bertz CT molecular complexity index is 689. The number of hydrogen-bond donors (Lipinski definition) is 0. The molecule has 1 aromatic heterocycles. The van der Waals surface area contributed by atoms with Gasteiger partial charge < -0.3 is 4.90 Å². The van der Waals surface area contributed by atoms with Crippen molar-refractivity contribution < 1.29 is 0 Å². The first-order valence-corrected chi connectivity index (χ1v) is 7.37. The van der Waals surface area contributed by atoms with Crippen molar-refractivity contribution in [2.24, 2.45) is 4.99 Å². The molecule has 1 aliphatic carbocycles. The van der Waals surface area contributed by atoms with Crippen LogP contribution in [0.5, 0.6) is 0 Å². The number of hydrogen-bond acceptors (Lipinski definition) is 3. The Kier molecular flexibility index (Phi) is 3.69. The number of fused-ring (bicyclic) bond motifs is 3. The molecule has 2 aromatic rings. The minimum Gasteiger partial charge on any atom is -0.366 e. The molecule has 1 aliphatic rings. The predicted octanol–water partition coefficient (Wildman–Crippen LogP) is 3.24. The monoisotopic (exact) mass is 280 g/mol. The Morgan fingerprint density at radius 1 is 1.19 bits per heavy atom. The lowest BCUT2D eigenvalue weighted by molar-refractivity contribution is 0.607. The second kappa shape index (κ2) is 5.64. The van der Waals surface area contributed by atoms with Crippen LogP contribution in [0.4, 0.5) is 5.82 Å². The van der Waals surface area contributed by atoms with Gasteiger partial charge in [0.05, 0.1) is 5.69 Å². The number of amidine groups is 1. The van der Waals surface area contributed by atoms with Gasteiger partial charge in [0, 0.05) is 31.6 Å². The van der Waals surface area contributed by atoms with E-state index in [4.69, 9.17) is 4.99 Å². The fourth-order valence-electron chi connectivity index (χ4n) is 2.81. The van der Waals surface area contributed by atoms with Crippen LogP contribution in [0.25, 0.3) is 11.3 Å². The van der Waals surface area contributed by atoms with Gasteiger partial charge in [0.1, 0.15) is 12.2 Å². The van der Waals surface area contributed by atoms with E-state index in [1.54, 1.807) is 6.33 Å². The fourth-order valence-corrected chi connectivity index (χ4v) is 2.81. The average Bonchev–Trinajstić information content (AvgIpc) is 2.52. The molecule has 0 bridgehead atoms. The lowest BCUT2D eigenvalue weighted by atomic mass is 9.89. The van der Waals surface area contributed by atoms with E-state index in [0.717, 1.165) is 36.6 Å². The third kappa shape index (κ3) is 2.53. The molecule has 0 unspecified atom stereocenters. The van der Waals surface area contributed by atoms with Crippen LogP contribution in [-0.2, 0) is 12.8 Å². The first-order valence-electron chi connectivity index (χ1n) is 7.37. The van der Waals surface area contributed by atoms with Gasteiger partial charge in [-0.15, -0.1) is 0 Å². The van der Waals surface area contributed by atoms with Crippen molar-refractivity contribution in [2.45, 2.75) is 26.2 Å². The van der Waals surface area contributed by atoms with Crippen LogP contribution in [0.3, 0.4) is 0 Å². The largest absolute Gasteiger partial charge is 0.366 e. The molecule has 0 atom stereocenters. The molecule has 0 radical (unpaired) electrons. The van der Waals surface area contributed by atoms with E-state index in [-0.39, 0.29) is 0 Å². The molecule has 0 aliphatic heterocycles. The van der Waals surface area contributed by atoms with Crippen LogP contribution < -0.4 is 0 Å². The van der Waals surface area contributed by atoms with Gasteiger partial charge in [-0.25, -0.2) is 15.0 Å². The molecule has 3 rings (SSSR count). The van der Waals surface area contributed by atoms with Gasteiger partial charge in [-0.3, -0.25) is 0 Å². The van der Waals surface area contributed by atoms with E-state index >= 15 is 0 Å². The topological polar surface area (TPSA) is 41.4 Å². The number of aryl methyl sites for hydroxylation is 1. The number of rotatable bonds is 2. The molecule has 1 heterocycles. The van der Waals surface area contributed by atoms with Crippen molar-refractivity contribution in [3.63, 3.8) is 0 Å². The van der Waals surface area contributed by atoms with E-state index in [1.807, 2.05) is 19.0 Å². The van der Waals surface area contributed by atoms with Crippen LogP contribution in [0.1, 0.15) is 24.5 Å². The van der Waals surface area contributed by atoms with Crippen molar-refractivity contribution in [3.8, 4) is 11.3 Å². The highest BCUT2D eigenvalue weighted by Crippen LogP contribution is 2.35. The van der Waals surface area contributed by atoms with E-state index in [1.165, 1.54) is 16.7 Å². The summed E-state index contributed by atoms with van der Waals surface area (Å²) < 4.78 is 0. The smallest absolute Gasteiger partial charge is 0.161 e. The molecule has 21 heavy (non-hydrogen) atoms. The predicted molar refractivity (Wildman–Crippen MR) is 85.9 cm³/mol. The SMILES string of the molecule is CCC(=Nc1ncnc2c1CCc1ccccc1-2)N(C)C. The Morgan fingerprint density at radius 2 is 2.00 bits per heavy atom. The van der Waals surface area contributed by atoms with Crippen LogP contribution in [0, 0.1) is 0 Å². The van der Waals surface area contributed by atoms with Crippen molar-refractivity contribution >= 4 is 11.7 Å². The zero-order chi connectivity index (χ0) is 14.8. The van der Waals surface area contributed by atoms with Gasteiger partial charge in [0.2, 0.25) is 0 Å². The molecule has 0 amide bonds. The molecular formula is C17H20N4. The summed E-state index contributed by atoms with van der Waals surface area (Å²) in [4.78, 5) is 15.7. The molecule has 0 saturated carbocycles. The molecule has 0 saturated heterocycles. The first-order chi connectivity index (χ1) is 10.2. The fraction of sp³-hybridized carbons (Fsp3) is 0.353. The van der Waals surface area contributed by atoms with Crippen LogP contribution in [0.2, 0.25) is 0 Å². The number of aliphatic imine (C=N–C) groups is 1. The summed E-state index contributed by atoms with van der Waals surface area (Å²) >= 11 is 0. The van der Waals surface area contributed by atoms with E-state index in [2.05, 4.69) is 41.2 Å². The highest BCUT2D eigenvalue weighted by molar-refractivity contribution is 5.85. The van der Waals surface area contributed by atoms with Crippen LogP contribution in [0.15, 0.2) is 35.6 Å². The molecule has 0 spiro atoms. The third-order valence-electron chi connectivity index (χ3n) is 3.91. The van der Waals surface area contributed by atoms with E-state index < -0.39 is 0 Å². The minimum absolute atomic E-state index is 0.819. The van der Waals surface area contributed by atoms with E-state index in [0.29, 0.717) is 0 Å². The highest BCUT2D eigenvalue weighted by Gasteiger charge is 2.20. The maximum atomic E-state index is 4.75. The number of nitrogens with zero attached hydrogens (tertiary/aromatic N) is 4. The molecular weight excluding hydrogens is 260 g/mol. The molecule has 4 heteroatoms. The van der Waals surface area contributed by atoms with E-state index in [9.17, 15) is 0 Å². The summed E-state index contributed by atoms with van der Waals surface area (Å²) in [5.41, 5.74) is 4.80. The second-order valence-corrected chi connectivity index (χ2v) is 5.46. The van der Waals surface area contributed by atoms with Gasteiger partial charge in [0.15, 0.2) is 5.82 Å². The third-order valence-corrected chi connectivity index (χ3v) is 3.91. The summed E-state index contributed by atoms with van der Waals surface area (Å²) in [5.74, 6) is 1.86. The summed E-state index contributed by atoms with van der Waals surface area (Å²) in [6.07, 6.45) is 4.50. The molecule has 0 fully saturated rings. The Labute approximate surface area is 125 Å². The second-order valence-electron chi connectivity index (χ2n) is 5.46. The van der Waals surface area contributed by atoms with Gasteiger partial charge in [0.25, 0.3) is 0 Å². The molecule has 0 N–H and O–H groups in total. The summed E-state index contributed by atoms with van der Waals surface area (Å²) in [6, 6.07) is 8.47. The quantitative estimate of drug-likeness (QED) is 0.626. The van der Waals surface area contributed by atoms with Gasteiger partial charge >= 0.3 is 0 Å². The summed E-state index contributed by atoms with van der Waals surface area (Å²) in [7, 11) is 4.04. The summed E-state index contributed by atoms with van der Waals surface area (Å²) in [6.45, 7) is 2.11. The Balaban J connectivity index is 2.12. The highest BCUT2D eigenvalue weighted by atomic mass is 15.1. The molecule has 4 nitrogen and oxygen atoms in total. The minimum atomic E-state index is 0.819. The van der Waals surface area contributed by atoms with Gasteiger partial charge in [-0.05, 0) is 18.4 Å². The van der Waals surface area contributed by atoms with Crippen molar-refractivity contribution in [1.82, 2.24) is 14.9 Å². The standard InChI is InChI=1S/C17H20N4/c1-4-15(21(2)3)20-17-14-10-9-12-7-5-6-8-13(12)16(14)18-11-19-17/h5-8,11H,4,9-10H2,1-3H3. The average molecular weight is 280 g/mol. The zero-order valence-electron chi connectivity index (χ0n) is 12.8.